The molecular weight excluding hydrogens is 349 g/mol. The van der Waals surface area contributed by atoms with Gasteiger partial charge in [0, 0.05) is 13.6 Å². The van der Waals surface area contributed by atoms with E-state index in [1.54, 1.807) is 12.3 Å². The van der Waals surface area contributed by atoms with Crippen molar-refractivity contribution in [2.45, 2.75) is 13.1 Å². The normalized spacial score (nSPS) is 10.9. The number of rotatable bonds is 5. The van der Waals surface area contributed by atoms with E-state index in [0.29, 0.717) is 23.4 Å². The minimum Gasteiger partial charge on any atom is -0.468 e. The number of anilines is 1. The third-order valence-electron chi connectivity index (χ3n) is 3.68. The smallest absolute Gasteiger partial charge is 0.327 e. The molecular formula is C16H15ClFN5O2. The number of esters is 1. The predicted molar refractivity (Wildman–Crippen MR) is 90.9 cm³/mol. The second-order valence-corrected chi connectivity index (χ2v) is 5.82. The summed E-state index contributed by atoms with van der Waals surface area (Å²) in [7, 11) is 3.14. The number of carbonyl (C=O) groups excluding carboxylic acids is 1. The first-order valence-electron chi connectivity index (χ1n) is 7.38. The van der Waals surface area contributed by atoms with Gasteiger partial charge in [0.05, 0.1) is 23.7 Å². The van der Waals surface area contributed by atoms with Crippen molar-refractivity contribution in [3.63, 3.8) is 0 Å². The van der Waals surface area contributed by atoms with Crippen LogP contribution in [0.25, 0.3) is 11.0 Å². The van der Waals surface area contributed by atoms with Crippen molar-refractivity contribution in [2.24, 2.45) is 0 Å². The highest BCUT2D eigenvalue weighted by Crippen LogP contribution is 2.24. The van der Waals surface area contributed by atoms with Crippen LogP contribution >= 0.6 is 11.6 Å². The van der Waals surface area contributed by atoms with Crippen LogP contribution in [0.2, 0.25) is 5.02 Å². The lowest BCUT2D eigenvalue weighted by Gasteiger charge is -2.18. The van der Waals surface area contributed by atoms with Gasteiger partial charge in [0.2, 0.25) is 0 Å². The lowest BCUT2D eigenvalue weighted by molar-refractivity contribution is -0.141. The van der Waals surface area contributed by atoms with E-state index in [1.165, 1.54) is 30.3 Å². The Labute approximate surface area is 148 Å². The molecule has 1 aromatic carbocycles. The van der Waals surface area contributed by atoms with Gasteiger partial charge in [-0.15, -0.1) is 0 Å². The fourth-order valence-electron chi connectivity index (χ4n) is 2.47. The third kappa shape index (κ3) is 3.53. The van der Waals surface area contributed by atoms with Crippen molar-refractivity contribution in [3.05, 3.63) is 47.1 Å². The van der Waals surface area contributed by atoms with Gasteiger partial charge in [0.15, 0.2) is 5.65 Å². The summed E-state index contributed by atoms with van der Waals surface area (Å²) in [6, 6.07) is 4.66. The Morgan fingerprint density at radius 1 is 1.40 bits per heavy atom. The second kappa shape index (κ2) is 7.02. The molecule has 0 saturated carbocycles. The Kier molecular flexibility index (Phi) is 4.80. The summed E-state index contributed by atoms with van der Waals surface area (Å²) < 4.78 is 19.7. The number of aromatic nitrogens is 4. The third-order valence-corrected chi connectivity index (χ3v) is 3.99. The molecule has 0 saturated heterocycles. The number of carbonyl (C=O) groups is 1. The zero-order valence-electron chi connectivity index (χ0n) is 13.6. The van der Waals surface area contributed by atoms with Gasteiger partial charge in [-0.3, -0.25) is 4.79 Å². The Bertz CT molecular complexity index is 930. The number of nitrogens with zero attached hydrogens (tertiary/aromatic N) is 5. The number of hydrogen-bond donors (Lipinski definition) is 0. The van der Waals surface area contributed by atoms with Crippen LogP contribution in [0.4, 0.5) is 10.2 Å². The number of hydrogen-bond acceptors (Lipinski definition) is 6. The molecule has 3 aromatic rings. The Morgan fingerprint density at radius 3 is 2.92 bits per heavy atom. The molecule has 0 unspecified atom stereocenters. The maximum atomic E-state index is 13.6. The maximum Gasteiger partial charge on any atom is 0.327 e. The van der Waals surface area contributed by atoms with Crippen molar-refractivity contribution in [1.82, 2.24) is 19.7 Å². The Balaban J connectivity index is 1.89. The summed E-state index contributed by atoms with van der Waals surface area (Å²) in [5.41, 5.74) is 1.27. The van der Waals surface area contributed by atoms with Crippen LogP contribution in [0.5, 0.6) is 0 Å². The molecule has 0 N–H and O–H groups in total. The van der Waals surface area contributed by atoms with Gasteiger partial charge >= 0.3 is 5.97 Å². The molecule has 2 aromatic heterocycles. The summed E-state index contributed by atoms with van der Waals surface area (Å²) >= 11 is 5.71. The minimum absolute atomic E-state index is 0.0391. The summed E-state index contributed by atoms with van der Waals surface area (Å²) in [6.07, 6.45) is 2.98. The molecule has 0 fully saturated rings. The van der Waals surface area contributed by atoms with Crippen molar-refractivity contribution < 1.29 is 13.9 Å². The summed E-state index contributed by atoms with van der Waals surface area (Å²) in [5.74, 6) is -0.266. The van der Waals surface area contributed by atoms with E-state index >= 15 is 0 Å². The molecule has 0 amide bonds. The van der Waals surface area contributed by atoms with Gasteiger partial charge in [-0.05, 0) is 17.7 Å². The first kappa shape index (κ1) is 17.1. The quantitative estimate of drug-likeness (QED) is 0.648. The van der Waals surface area contributed by atoms with E-state index < -0.39 is 11.8 Å². The largest absolute Gasteiger partial charge is 0.468 e. The lowest BCUT2D eigenvalue weighted by Crippen LogP contribution is -2.18. The summed E-state index contributed by atoms with van der Waals surface area (Å²) in [4.78, 5) is 21.8. The van der Waals surface area contributed by atoms with Crippen LogP contribution < -0.4 is 4.90 Å². The molecule has 0 spiro atoms. The Hall–Kier alpha value is -2.74. The molecule has 25 heavy (non-hydrogen) atoms. The summed E-state index contributed by atoms with van der Waals surface area (Å²) in [6.45, 7) is 0.380. The predicted octanol–water partition coefficient (Wildman–Crippen LogP) is 2.43. The monoisotopic (exact) mass is 363 g/mol. The number of methoxy groups -OCH3 is 1. The first-order valence-corrected chi connectivity index (χ1v) is 7.75. The highest BCUT2D eigenvalue weighted by atomic mass is 35.5. The van der Waals surface area contributed by atoms with Crippen LogP contribution in [0.1, 0.15) is 5.56 Å². The van der Waals surface area contributed by atoms with Gasteiger partial charge in [0.25, 0.3) is 0 Å². The number of benzene rings is 1. The molecule has 0 atom stereocenters. The van der Waals surface area contributed by atoms with Gasteiger partial charge in [-0.2, -0.15) is 5.10 Å². The van der Waals surface area contributed by atoms with Crippen LogP contribution in [-0.4, -0.2) is 39.9 Å². The number of halogens is 2. The molecule has 0 aliphatic carbocycles. The van der Waals surface area contributed by atoms with Crippen molar-refractivity contribution in [2.75, 3.05) is 19.1 Å². The second-order valence-electron chi connectivity index (χ2n) is 5.42. The zero-order valence-corrected chi connectivity index (χ0v) is 14.4. The molecule has 7 nitrogen and oxygen atoms in total. The average molecular weight is 364 g/mol. The standard InChI is InChI=1S/C16H15ClFN5O2/c1-22(7-10-3-4-12(17)13(18)5-10)15-11-6-21-23(8-14(24)25-2)16(11)20-9-19-15/h3-6,9H,7-8H2,1-2H3. The van der Waals surface area contributed by atoms with Crippen molar-refractivity contribution in [1.29, 1.82) is 0 Å². The minimum atomic E-state index is -0.466. The zero-order chi connectivity index (χ0) is 18.0. The van der Waals surface area contributed by atoms with Crippen molar-refractivity contribution in [3.8, 4) is 0 Å². The van der Waals surface area contributed by atoms with E-state index in [1.807, 2.05) is 11.9 Å². The molecule has 0 radical (unpaired) electrons. The van der Waals surface area contributed by atoms with Crippen LogP contribution in [-0.2, 0) is 22.6 Å². The fourth-order valence-corrected chi connectivity index (χ4v) is 2.59. The molecule has 3 rings (SSSR count). The van der Waals surface area contributed by atoms with Crippen LogP contribution in [0.15, 0.2) is 30.7 Å². The van der Waals surface area contributed by atoms with Gasteiger partial charge < -0.3 is 9.64 Å². The first-order chi connectivity index (χ1) is 12.0. The molecule has 0 aliphatic rings. The Morgan fingerprint density at radius 2 is 2.20 bits per heavy atom. The topological polar surface area (TPSA) is 73.1 Å². The average Bonchev–Trinajstić information content (AvgIpc) is 3.01. The van der Waals surface area contributed by atoms with Crippen molar-refractivity contribution >= 4 is 34.4 Å². The SMILES string of the molecule is COC(=O)Cn1ncc2c(N(C)Cc3ccc(Cl)c(F)c3)ncnc21. The molecule has 2 heterocycles. The molecule has 9 heteroatoms. The van der Waals surface area contributed by atoms with Crippen LogP contribution in [0, 0.1) is 5.82 Å². The molecule has 0 aliphatic heterocycles. The van der Waals surface area contributed by atoms with E-state index in [2.05, 4.69) is 19.8 Å². The number of ether oxygens (including phenoxy) is 1. The van der Waals surface area contributed by atoms with E-state index in [-0.39, 0.29) is 11.6 Å². The van der Waals surface area contributed by atoms with Crippen LogP contribution in [0.3, 0.4) is 0 Å². The highest BCUT2D eigenvalue weighted by Gasteiger charge is 2.15. The molecule has 0 bridgehead atoms. The van der Waals surface area contributed by atoms with Gasteiger partial charge in [-0.25, -0.2) is 19.0 Å². The van der Waals surface area contributed by atoms with Gasteiger partial charge in [-0.1, -0.05) is 17.7 Å². The lowest BCUT2D eigenvalue weighted by atomic mass is 10.2. The van der Waals surface area contributed by atoms with E-state index in [0.717, 1.165) is 5.56 Å². The fraction of sp³-hybridized carbons (Fsp3) is 0.250. The van der Waals surface area contributed by atoms with Gasteiger partial charge in [0.1, 0.15) is 24.5 Å². The van der Waals surface area contributed by atoms with E-state index in [9.17, 15) is 9.18 Å². The maximum absolute atomic E-state index is 13.6. The summed E-state index contributed by atoms with van der Waals surface area (Å²) in [5, 5.41) is 4.94. The van der Waals surface area contributed by atoms with E-state index in [4.69, 9.17) is 11.6 Å². The molecule has 130 valence electrons. The highest BCUT2D eigenvalue weighted by molar-refractivity contribution is 6.30. The number of fused-ring (bicyclic) bond motifs is 1.